The van der Waals surface area contributed by atoms with Gasteiger partial charge in [0, 0.05) is 18.7 Å². The number of likely N-dealkylation sites (tertiary alicyclic amines) is 1. The first-order valence-corrected chi connectivity index (χ1v) is 7.17. The summed E-state index contributed by atoms with van der Waals surface area (Å²) in [5.41, 5.74) is 2.03. The van der Waals surface area contributed by atoms with Crippen LogP contribution in [0.3, 0.4) is 0 Å². The Bertz CT molecular complexity index is 564. The highest BCUT2D eigenvalue weighted by molar-refractivity contribution is 5.42. The molecule has 0 aromatic carbocycles. The average molecular weight is 259 g/mol. The van der Waals surface area contributed by atoms with E-state index in [1.54, 1.807) is 12.3 Å². The van der Waals surface area contributed by atoms with Crippen molar-refractivity contribution in [1.82, 2.24) is 14.3 Å². The van der Waals surface area contributed by atoms with Crippen molar-refractivity contribution >= 4 is 5.65 Å². The Morgan fingerprint density at radius 3 is 3.05 bits per heavy atom. The van der Waals surface area contributed by atoms with Crippen molar-refractivity contribution < 1.29 is 5.11 Å². The lowest BCUT2D eigenvalue weighted by atomic mass is 9.98. The van der Waals surface area contributed by atoms with Crippen LogP contribution in [-0.4, -0.2) is 38.5 Å². The predicted octanol–water partition coefficient (Wildman–Crippen LogP) is 2.46. The zero-order valence-electron chi connectivity index (χ0n) is 11.4. The summed E-state index contributed by atoms with van der Waals surface area (Å²) in [5, 5.41) is 9.48. The molecule has 4 nitrogen and oxygen atoms in total. The minimum Gasteiger partial charge on any atom is -0.506 e. The first-order chi connectivity index (χ1) is 9.26. The summed E-state index contributed by atoms with van der Waals surface area (Å²) in [6, 6.07) is 4.17. The zero-order valence-corrected chi connectivity index (χ0v) is 11.4. The third kappa shape index (κ3) is 2.59. The van der Waals surface area contributed by atoms with Gasteiger partial charge in [-0.25, -0.2) is 4.98 Å². The van der Waals surface area contributed by atoms with E-state index in [9.17, 15) is 5.11 Å². The highest BCUT2D eigenvalue weighted by Crippen LogP contribution is 2.21. The molecule has 1 aliphatic rings. The molecule has 0 saturated carbocycles. The first-order valence-electron chi connectivity index (χ1n) is 7.17. The summed E-state index contributed by atoms with van der Waals surface area (Å²) >= 11 is 0. The van der Waals surface area contributed by atoms with Crippen LogP contribution in [0.2, 0.25) is 0 Å². The van der Waals surface area contributed by atoms with Crippen molar-refractivity contribution in [3.63, 3.8) is 0 Å². The summed E-state index contributed by atoms with van der Waals surface area (Å²) < 4.78 is 1.91. The topological polar surface area (TPSA) is 40.8 Å². The van der Waals surface area contributed by atoms with E-state index in [-0.39, 0.29) is 5.75 Å². The van der Waals surface area contributed by atoms with Gasteiger partial charge in [0.15, 0.2) is 0 Å². The minimum absolute atomic E-state index is 0.282. The van der Waals surface area contributed by atoms with Gasteiger partial charge in [-0.05, 0) is 38.1 Å². The molecule has 0 amide bonds. The third-order valence-corrected chi connectivity index (χ3v) is 4.09. The number of imidazole rings is 1. The normalized spacial score (nSPS) is 21.0. The number of nitrogens with zero attached hydrogens (tertiary/aromatic N) is 3. The molecular formula is C15H21N3O. The smallest absolute Gasteiger partial charge is 0.137 e. The van der Waals surface area contributed by atoms with Crippen molar-refractivity contribution in [3.05, 3.63) is 30.2 Å². The summed E-state index contributed by atoms with van der Waals surface area (Å²) in [6.45, 7) is 4.58. The molecule has 1 saturated heterocycles. The van der Waals surface area contributed by atoms with Gasteiger partial charge in [-0.15, -0.1) is 0 Å². The molecular weight excluding hydrogens is 238 g/mol. The summed E-state index contributed by atoms with van der Waals surface area (Å²) in [5.74, 6) is 0.282. The quantitative estimate of drug-likeness (QED) is 0.920. The molecule has 1 N–H and O–H groups in total. The van der Waals surface area contributed by atoms with Crippen LogP contribution in [0.15, 0.2) is 24.5 Å². The Morgan fingerprint density at radius 1 is 1.32 bits per heavy atom. The van der Waals surface area contributed by atoms with E-state index in [0.29, 0.717) is 6.04 Å². The summed E-state index contributed by atoms with van der Waals surface area (Å²) in [4.78, 5) is 7.20. The maximum absolute atomic E-state index is 9.48. The second-order valence-electron chi connectivity index (χ2n) is 5.37. The number of aromatic hydroxyl groups is 1. The van der Waals surface area contributed by atoms with Gasteiger partial charge in [-0.1, -0.05) is 13.3 Å². The summed E-state index contributed by atoms with van der Waals surface area (Å²) in [6.07, 6.45) is 8.68. The Kier molecular flexibility index (Phi) is 3.42. The monoisotopic (exact) mass is 259 g/mol. The van der Waals surface area contributed by atoms with Crippen molar-refractivity contribution in [2.24, 2.45) is 0 Å². The minimum atomic E-state index is 0.282. The maximum atomic E-state index is 9.48. The third-order valence-electron chi connectivity index (χ3n) is 4.09. The lowest BCUT2D eigenvalue weighted by Crippen LogP contribution is -2.40. The van der Waals surface area contributed by atoms with Crippen LogP contribution in [0.5, 0.6) is 5.75 Å². The van der Waals surface area contributed by atoms with Crippen LogP contribution in [0.25, 0.3) is 5.65 Å². The van der Waals surface area contributed by atoms with E-state index in [1.165, 1.54) is 25.8 Å². The van der Waals surface area contributed by atoms with Crippen molar-refractivity contribution in [2.45, 2.75) is 38.6 Å². The molecule has 1 aliphatic heterocycles. The molecule has 102 valence electrons. The SMILES string of the molecule is CCN1CCCCC1Cc1cn2cc(O)ccc2n1. The van der Waals surface area contributed by atoms with Crippen molar-refractivity contribution in [3.8, 4) is 5.75 Å². The molecule has 4 heteroatoms. The largest absolute Gasteiger partial charge is 0.506 e. The van der Waals surface area contributed by atoms with Gasteiger partial charge in [-0.3, -0.25) is 0 Å². The van der Waals surface area contributed by atoms with Gasteiger partial charge in [0.25, 0.3) is 0 Å². The molecule has 3 heterocycles. The Balaban J connectivity index is 1.80. The molecule has 0 bridgehead atoms. The number of hydrogen-bond acceptors (Lipinski definition) is 3. The van der Waals surface area contributed by atoms with Gasteiger partial charge in [-0.2, -0.15) is 0 Å². The van der Waals surface area contributed by atoms with Gasteiger partial charge >= 0.3 is 0 Å². The van der Waals surface area contributed by atoms with E-state index in [0.717, 1.165) is 24.3 Å². The van der Waals surface area contributed by atoms with E-state index in [1.807, 2.05) is 16.7 Å². The van der Waals surface area contributed by atoms with Crippen molar-refractivity contribution in [1.29, 1.82) is 0 Å². The van der Waals surface area contributed by atoms with Crippen LogP contribution < -0.4 is 0 Å². The Hall–Kier alpha value is -1.55. The second-order valence-corrected chi connectivity index (χ2v) is 5.37. The lowest BCUT2D eigenvalue weighted by Gasteiger charge is -2.34. The fourth-order valence-electron chi connectivity index (χ4n) is 3.08. The fraction of sp³-hybridized carbons (Fsp3) is 0.533. The van der Waals surface area contributed by atoms with Gasteiger partial charge in [0.2, 0.25) is 0 Å². The number of likely N-dealkylation sites (N-methyl/N-ethyl adjacent to an activating group) is 1. The molecule has 19 heavy (non-hydrogen) atoms. The van der Waals surface area contributed by atoms with Crippen LogP contribution in [0.1, 0.15) is 31.9 Å². The number of rotatable bonds is 3. The first kappa shape index (κ1) is 12.5. The van der Waals surface area contributed by atoms with Crippen LogP contribution >= 0.6 is 0 Å². The lowest BCUT2D eigenvalue weighted by molar-refractivity contribution is 0.155. The zero-order chi connectivity index (χ0) is 13.2. The molecule has 2 aromatic rings. The van der Waals surface area contributed by atoms with Crippen LogP contribution in [0.4, 0.5) is 0 Å². The van der Waals surface area contributed by atoms with Gasteiger partial charge in [0.05, 0.1) is 11.9 Å². The number of hydrogen-bond donors (Lipinski definition) is 1. The van der Waals surface area contributed by atoms with E-state index in [4.69, 9.17) is 0 Å². The Labute approximate surface area is 113 Å². The highest BCUT2D eigenvalue weighted by atomic mass is 16.3. The van der Waals surface area contributed by atoms with Gasteiger partial charge in [0.1, 0.15) is 11.4 Å². The highest BCUT2D eigenvalue weighted by Gasteiger charge is 2.22. The standard InChI is InChI=1S/C15H21N3O/c1-2-17-8-4-3-5-13(17)9-12-10-18-11-14(19)6-7-15(18)16-12/h6-7,10-11,13,19H,2-5,8-9H2,1H3. The average Bonchev–Trinajstić information content (AvgIpc) is 2.80. The number of aromatic nitrogens is 2. The maximum Gasteiger partial charge on any atom is 0.137 e. The van der Waals surface area contributed by atoms with E-state index in [2.05, 4.69) is 16.8 Å². The van der Waals surface area contributed by atoms with Crippen LogP contribution in [-0.2, 0) is 6.42 Å². The summed E-state index contributed by atoms with van der Waals surface area (Å²) in [7, 11) is 0. The molecule has 2 aromatic heterocycles. The molecule has 1 unspecified atom stereocenters. The molecule has 1 fully saturated rings. The molecule has 0 aliphatic carbocycles. The van der Waals surface area contributed by atoms with Gasteiger partial charge < -0.3 is 14.4 Å². The molecule has 3 rings (SSSR count). The van der Waals surface area contributed by atoms with Crippen molar-refractivity contribution in [2.75, 3.05) is 13.1 Å². The molecule has 1 atom stereocenters. The van der Waals surface area contributed by atoms with E-state index < -0.39 is 0 Å². The fourth-order valence-corrected chi connectivity index (χ4v) is 3.08. The Morgan fingerprint density at radius 2 is 2.21 bits per heavy atom. The van der Waals surface area contributed by atoms with Crippen LogP contribution in [0, 0.1) is 0 Å². The van der Waals surface area contributed by atoms with E-state index >= 15 is 0 Å². The number of piperidine rings is 1. The molecule has 0 spiro atoms. The molecule has 0 radical (unpaired) electrons. The predicted molar refractivity (Wildman–Crippen MR) is 75.4 cm³/mol. The second kappa shape index (κ2) is 5.21. The number of fused-ring (bicyclic) bond motifs is 1. The number of pyridine rings is 1.